The fraction of sp³-hybridized carbons (Fsp3) is 0.296. The number of morpholine rings is 1. The molecule has 1 heterocycles. The number of amides is 1. The zero-order valence-corrected chi connectivity index (χ0v) is 19.1. The number of hydrogen-bond donors (Lipinski definition) is 3. The summed E-state index contributed by atoms with van der Waals surface area (Å²) in [6, 6.07) is 14.7. The fourth-order valence-corrected chi connectivity index (χ4v) is 4.36. The molecule has 4 N–H and O–H groups in total. The summed E-state index contributed by atoms with van der Waals surface area (Å²) in [7, 11) is 0. The quantitative estimate of drug-likeness (QED) is 0.451. The Bertz CT molecular complexity index is 1090. The average molecular weight is 484 g/mol. The molecule has 1 amide bonds. The number of ether oxygens (including phenoxy) is 1. The maximum Gasteiger partial charge on any atom is 0.242 e. The first-order valence-corrected chi connectivity index (χ1v) is 11.6. The monoisotopic (exact) mass is 483 g/mol. The van der Waals surface area contributed by atoms with Crippen LogP contribution in [0.5, 0.6) is 0 Å². The topological polar surface area (TPSA) is 76.4 Å². The standard InChI is InChI=1S/C27H28F3N3O2/c28-19-8-4-17(5-9-19)25(18-6-10-20(29)11-7-18)26(31)27(34)33-24-3-1-2-23(30)22(24)13-12-21-16-32-14-15-35-21/h1-11,21,25-26,32H,12-16,31H2,(H,33,34)/t21-,26+/m1/s1. The van der Waals surface area contributed by atoms with Crippen molar-refractivity contribution in [2.45, 2.75) is 30.9 Å². The van der Waals surface area contributed by atoms with Crippen molar-refractivity contribution in [2.24, 2.45) is 5.73 Å². The third kappa shape index (κ3) is 6.28. The van der Waals surface area contributed by atoms with E-state index in [1.165, 1.54) is 36.4 Å². The van der Waals surface area contributed by atoms with Crippen LogP contribution in [0.15, 0.2) is 66.7 Å². The Balaban J connectivity index is 1.56. The van der Waals surface area contributed by atoms with E-state index in [0.29, 0.717) is 48.4 Å². The predicted molar refractivity (Wildman–Crippen MR) is 129 cm³/mol. The van der Waals surface area contributed by atoms with Gasteiger partial charge in [-0.15, -0.1) is 0 Å². The minimum Gasteiger partial charge on any atom is -0.376 e. The minimum absolute atomic E-state index is 0.0319. The van der Waals surface area contributed by atoms with Gasteiger partial charge >= 0.3 is 0 Å². The molecule has 1 saturated heterocycles. The zero-order valence-electron chi connectivity index (χ0n) is 19.1. The molecule has 1 aliphatic heterocycles. The molecule has 35 heavy (non-hydrogen) atoms. The number of benzene rings is 3. The lowest BCUT2D eigenvalue weighted by molar-refractivity contribution is -0.117. The van der Waals surface area contributed by atoms with E-state index in [4.69, 9.17) is 10.5 Å². The van der Waals surface area contributed by atoms with Crippen LogP contribution >= 0.6 is 0 Å². The molecule has 5 nitrogen and oxygen atoms in total. The summed E-state index contributed by atoms with van der Waals surface area (Å²) in [4.78, 5) is 13.3. The molecule has 1 aliphatic rings. The SMILES string of the molecule is N[C@H](C(=O)Nc1cccc(F)c1CC[C@@H]1CNCCO1)C(c1ccc(F)cc1)c1ccc(F)cc1. The Kier molecular flexibility index (Phi) is 8.17. The number of nitrogens with one attached hydrogen (secondary N) is 2. The Labute approximate surface area is 202 Å². The summed E-state index contributed by atoms with van der Waals surface area (Å²) < 4.78 is 47.5. The van der Waals surface area contributed by atoms with Gasteiger partial charge < -0.3 is 21.1 Å². The molecule has 0 saturated carbocycles. The highest BCUT2D eigenvalue weighted by Crippen LogP contribution is 2.29. The summed E-state index contributed by atoms with van der Waals surface area (Å²) in [6.45, 7) is 2.09. The van der Waals surface area contributed by atoms with Crippen LogP contribution in [-0.2, 0) is 16.0 Å². The number of hydrogen-bond acceptors (Lipinski definition) is 4. The fourth-order valence-electron chi connectivity index (χ4n) is 4.36. The number of carbonyl (C=O) groups excluding carboxylic acids is 1. The molecular formula is C27H28F3N3O2. The van der Waals surface area contributed by atoms with Crippen LogP contribution in [0.25, 0.3) is 0 Å². The largest absolute Gasteiger partial charge is 0.376 e. The van der Waals surface area contributed by atoms with Gasteiger partial charge in [0, 0.05) is 30.3 Å². The molecule has 0 spiro atoms. The molecule has 0 bridgehead atoms. The molecule has 8 heteroatoms. The average Bonchev–Trinajstić information content (AvgIpc) is 2.86. The van der Waals surface area contributed by atoms with Crippen LogP contribution < -0.4 is 16.4 Å². The van der Waals surface area contributed by atoms with Crippen LogP contribution in [0.3, 0.4) is 0 Å². The number of carbonyl (C=O) groups is 1. The second kappa shape index (κ2) is 11.5. The number of anilines is 1. The Hall–Kier alpha value is -3.20. The molecule has 3 aromatic carbocycles. The van der Waals surface area contributed by atoms with Gasteiger partial charge in [0.2, 0.25) is 5.91 Å². The second-order valence-corrected chi connectivity index (χ2v) is 8.60. The molecule has 3 aromatic rings. The first-order valence-electron chi connectivity index (χ1n) is 11.6. The van der Waals surface area contributed by atoms with Gasteiger partial charge in [-0.2, -0.15) is 0 Å². The third-order valence-corrected chi connectivity index (χ3v) is 6.22. The maximum absolute atomic E-state index is 14.7. The molecule has 0 aromatic heterocycles. The van der Waals surface area contributed by atoms with Gasteiger partial charge in [-0.25, -0.2) is 13.2 Å². The van der Waals surface area contributed by atoms with Crippen molar-refractivity contribution in [3.63, 3.8) is 0 Å². The summed E-state index contributed by atoms with van der Waals surface area (Å²) >= 11 is 0. The van der Waals surface area contributed by atoms with E-state index in [0.717, 1.165) is 6.54 Å². The molecule has 2 atom stereocenters. The molecule has 0 radical (unpaired) electrons. The lowest BCUT2D eigenvalue weighted by atomic mass is 9.85. The van der Waals surface area contributed by atoms with E-state index in [-0.39, 0.29) is 6.10 Å². The van der Waals surface area contributed by atoms with E-state index in [9.17, 15) is 18.0 Å². The number of rotatable bonds is 8. The number of nitrogens with two attached hydrogens (primary N) is 1. The van der Waals surface area contributed by atoms with Gasteiger partial charge in [-0.1, -0.05) is 30.3 Å². The first-order chi connectivity index (χ1) is 16.9. The normalized spacial score (nSPS) is 16.8. The van der Waals surface area contributed by atoms with Crippen molar-refractivity contribution in [1.82, 2.24) is 5.32 Å². The van der Waals surface area contributed by atoms with Crippen LogP contribution in [0.1, 0.15) is 29.0 Å². The van der Waals surface area contributed by atoms with Gasteiger partial charge in [0.1, 0.15) is 17.5 Å². The Morgan fingerprint density at radius 1 is 1.00 bits per heavy atom. The van der Waals surface area contributed by atoms with Gasteiger partial charge in [0.25, 0.3) is 0 Å². The van der Waals surface area contributed by atoms with E-state index in [1.54, 1.807) is 30.3 Å². The van der Waals surface area contributed by atoms with Gasteiger partial charge in [0.05, 0.1) is 18.8 Å². The van der Waals surface area contributed by atoms with E-state index < -0.39 is 35.3 Å². The molecule has 184 valence electrons. The van der Waals surface area contributed by atoms with Crippen molar-refractivity contribution in [3.8, 4) is 0 Å². The van der Waals surface area contributed by atoms with Gasteiger partial charge in [-0.3, -0.25) is 4.79 Å². The van der Waals surface area contributed by atoms with Crippen molar-refractivity contribution in [2.75, 3.05) is 25.0 Å². The van der Waals surface area contributed by atoms with Crippen molar-refractivity contribution < 1.29 is 22.7 Å². The van der Waals surface area contributed by atoms with E-state index >= 15 is 0 Å². The van der Waals surface area contributed by atoms with Crippen LogP contribution in [0.4, 0.5) is 18.9 Å². The Morgan fingerprint density at radius 2 is 1.63 bits per heavy atom. The highest BCUT2D eigenvalue weighted by molar-refractivity contribution is 5.96. The highest BCUT2D eigenvalue weighted by Gasteiger charge is 2.29. The second-order valence-electron chi connectivity index (χ2n) is 8.60. The highest BCUT2D eigenvalue weighted by atomic mass is 19.1. The van der Waals surface area contributed by atoms with Crippen molar-refractivity contribution in [3.05, 3.63) is 101 Å². The van der Waals surface area contributed by atoms with E-state index in [1.807, 2.05) is 0 Å². The Morgan fingerprint density at radius 3 is 2.20 bits per heavy atom. The molecule has 1 fully saturated rings. The summed E-state index contributed by atoms with van der Waals surface area (Å²) in [6.07, 6.45) is 0.940. The smallest absolute Gasteiger partial charge is 0.242 e. The van der Waals surface area contributed by atoms with Gasteiger partial charge in [0.15, 0.2) is 0 Å². The van der Waals surface area contributed by atoms with Gasteiger partial charge in [-0.05, 0) is 60.4 Å². The van der Waals surface area contributed by atoms with Crippen LogP contribution in [-0.4, -0.2) is 37.7 Å². The maximum atomic E-state index is 14.7. The van der Waals surface area contributed by atoms with E-state index in [2.05, 4.69) is 10.6 Å². The van der Waals surface area contributed by atoms with Crippen molar-refractivity contribution in [1.29, 1.82) is 0 Å². The minimum atomic E-state index is -1.10. The lowest BCUT2D eigenvalue weighted by Gasteiger charge is -2.26. The predicted octanol–water partition coefficient (Wildman–Crippen LogP) is 4.12. The molecule has 4 rings (SSSR count). The molecular weight excluding hydrogens is 455 g/mol. The zero-order chi connectivity index (χ0) is 24.8. The summed E-state index contributed by atoms with van der Waals surface area (Å²) in [5, 5.41) is 6.02. The third-order valence-electron chi connectivity index (χ3n) is 6.22. The summed E-state index contributed by atoms with van der Waals surface area (Å²) in [5.41, 5.74) is 8.32. The molecule has 0 unspecified atom stereocenters. The van der Waals surface area contributed by atoms with Crippen LogP contribution in [0.2, 0.25) is 0 Å². The summed E-state index contributed by atoms with van der Waals surface area (Å²) in [5.74, 6) is -2.48. The first kappa shape index (κ1) is 24.9. The van der Waals surface area contributed by atoms with Crippen molar-refractivity contribution >= 4 is 11.6 Å². The van der Waals surface area contributed by atoms with Crippen LogP contribution in [0, 0.1) is 17.5 Å². The molecule has 0 aliphatic carbocycles. The number of halogens is 3. The lowest BCUT2D eigenvalue weighted by Crippen LogP contribution is -2.41.